The van der Waals surface area contributed by atoms with Gasteiger partial charge in [-0.1, -0.05) is 66.0 Å². The summed E-state index contributed by atoms with van der Waals surface area (Å²) in [5, 5.41) is 4.16. The number of carbonyl (C=O) groups excluding carboxylic acids is 2. The van der Waals surface area contributed by atoms with Gasteiger partial charge in [-0.3, -0.25) is 9.59 Å². The molecule has 4 nitrogen and oxygen atoms in total. The van der Waals surface area contributed by atoms with Gasteiger partial charge in [0.2, 0.25) is 11.8 Å². The lowest BCUT2D eigenvalue weighted by molar-refractivity contribution is -0.138. The van der Waals surface area contributed by atoms with Crippen molar-refractivity contribution in [2.24, 2.45) is 0 Å². The molecule has 1 N–H and O–H groups in total. The average molecular weight is 481 g/mol. The fourth-order valence-electron chi connectivity index (χ4n) is 3.05. The minimum atomic E-state index is -0.577. The summed E-state index contributed by atoms with van der Waals surface area (Å²) < 4.78 is 0. The van der Waals surface area contributed by atoms with E-state index in [-0.39, 0.29) is 23.6 Å². The number of halogens is 2. The van der Waals surface area contributed by atoms with Gasteiger partial charge in [-0.25, -0.2) is 0 Å². The SMILES string of the molecule is CC[C@@H](C)NC(=O)[C@@H](C)N(Cc1cccc(C)c1)C(=O)CSCc1c(Cl)cccc1Cl. The van der Waals surface area contributed by atoms with E-state index in [0.717, 1.165) is 23.1 Å². The van der Waals surface area contributed by atoms with Crippen LogP contribution in [0.25, 0.3) is 0 Å². The average Bonchev–Trinajstić information content (AvgIpc) is 2.73. The van der Waals surface area contributed by atoms with Gasteiger partial charge in [0.1, 0.15) is 6.04 Å². The molecule has 0 heterocycles. The van der Waals surface area contributed by atoms with Gasteiger partial charge >= 0.3 is 0 Å². The molecule has 0 saturated heterocycles. The molecule has 2 amide bonds. The van der Waals surface area contributed by atoms with Crippen LogP contribution in [0.4, 0.5) is 0 Å². The van der Waals surface area contributed by atoms with E-state index in [0.29, 0.717) is 22.3 Å². The number of nitrogens with one attached hydrogen (secondary N) is 1. The highest BCUT2D eigenvalue weighted by Crippen LogP contribution is 2.28. The van der Waals surface area contributed by atoms with Crippen LogP contribution in [-0.2, 0) is 21.9 Å². The molecule has 2 aromatic rings. The maximum Gasteiger partial charge on any atom is 0.242 e. The van der Waals surface area contributed by atoms with Crippen LogP contribution in [0.1, 0.15) is 43.9 Å². The smallest absolute Gasteiger partial charge is 0.242 e. The molecule has 0 aliphatic heterocycles. The molecular weight excluding hydrogens is 451 g/mol. The number of thioether (sulfide) groups is 1. The molecule has 31 heavy (non-hydrogen) atoms. The summed E-state index contributed by atoms with van der Waals surface area (Å²) in [5.74, 6) is 0.514. The van der Waals surface area contributed by atoms with Crippen molar-refractivity contribution in [1.29, 1.82) is 0 Å². The third-order valence-corrected chi connectivity index (χ3v) is 6.79. The van der Waals surface area contributed by atoms with Gasteiger partial charge in [0.05, 0.1) is 5.75 Å². The van der Waals surface area contributed by atoms with Gasteiger partial charge in [0.25, 0.3) is 0 Å². The molecule has 0 saturated carbocycles. The van der Waals surface area contributed by atoms with E-state index >= 15 is 0 Å². The highest BCUT2D eigenvalue weighted by molar-refractivity contribution is 7.99. The first-order valence-electron chi connectivity index (χ1n) is 10.4. The largest absolute Gasteiger partial charge is 0.352 e. The van der Waals surface area contributed by atoms with E-state index < -0.39 is 6.04 Å². The Bertz CT molecular complexity index is 887. The zero-order chi connectivity index (χ0) is 23.0. The summed E-state index contributed by atoms with van der Waals surface area (Å²) in [7, 11) is 0. The summed E-state index contributed by atoms with van der Waals surface area (Å²) in [6.07, 6.45) is 0.832. The zero-order valence-electron chi connectivity index (χ0n) is 18.5. The van der Waals surface area contributed by atoms with Crippen LogP contribution in [0.3, 0.4) is 0 Å². The monoisotopic (exact) mass is 480 g/mol. The molecule has 168 valence electrons. The Kier molecular flexibility index (Phi) is 10.2. The Balaban J connectivity index is 2.12. The summed E-state index contributed by atoms with van der Waals surface area (Å²) in [6, 6.07) is 12.8. The Hall–Kier alpha value is -1.69. The molecule has 0 radical (unpaired) electrons. The molecule has 0 bridgehead atoms. The lowest BCUT2D eigenvalue weighted by atomic mass is 10.1. The normalized spacial score (nSPS) is 12.8. The van der Waals surface area contributed by atoms with Crippen LogP contribution in [0.2, 0.25) is 10.0 Å². The fraction of sp³-hybridized carbons (Fsp3) is 0.417. The zero-order valence-corrected chi connectivity index (χ0v) is 20.8. The van der Waals surface area contributed by atoms with Gasteiger partial charge < -0.3 is 10.2 Å². The number of rotatable bonds is 10. The topological polar surface area (TPSA) is 49.4 Å². The molecule has 2 aromatic carbocycles. The Labute approximate surface area is 199 Å². The first kappa shape index (κ1) is 25.6. The van der Waals surface area contributed by atoms with Crippen LogP contribution >= 0.6 is 35.0 Å². The number of carbonyl (C=O) groups is 2. The van der Waals surface area contributed by atoms with Crippen molar-refractivity contribution >= 4 is 46.8 Å². The first-order valence-corrected chi connectivity index (χ1v) is 12.3. The van der Waals surface area contributed by atoms with Crippen molar-refractivity contribution in [1.82, 2.24) is 10.2 Å². The molecular formula is C24H30Cl2N2O2S. The van der Waals surface area contributed by atoms with Crippen molar-refractivity contribution in [3.63, 3.8) is 0 Å². The molecule has 0 unspecified atom stereocenters. The van der Waals surface area contributed by atoms with Crippen LogP contribution in [-0.4, -0.2) is 34.6 Å². The summed E-state index contributed by atoms with van der Waals surface area (Å²) in [5.41, 5.74) is 2.93. The second-order valence-corrected chi connectivity index (χ2v) is 9.50. The quantitative estimate of drug-likeness (QED) is 0.462. The minimum absolute atomic E-state index is 0.0580. The standard InChI is InChI=1S/C24H30Cl2N2O2S/c1-5-17(3)27-24(30)18(4)28(13-19-9-6-8-16(2)12-19)23(29)15-31-14-20-21(25)10-7-11-22(20)26/h6-12,17-18H,5,13-15H2,1-4H3,(H,27,30)/t17-,18-/m1/s1. The molecule has 7 heteroatoms. The van der Waals surface area contributed by atoms with Crippen molar-refractivity contribution in [2.45, 2.75) is 58.5 Å². The van der Waals surface area contributed by atoms with E-state index in [1.54, 1.807) is 30.0 Å². The molecule has 2 atom stereocenters. The third kappa shape index (κ3) is 7.74. The van der Waals surface area contributed by atoms with Crippen molar-refractivity contribution in [2.75, 3.05) is 5.75 Å². The van der Waals surface area contributed by atoms with Gasteiger partial charge in [0.15, 0.2) is 0 Å². The van der Waals surface area contributed by atoms with Gasteiger partial charge in [-0.05, 0) is 50.5 Å². The lowest BCUT2D eigenvalue weighted by Gasteiger charge is -2.29. The van der Waals surface area contributed by atoms with Crippen molar-refractivity contribution in [3.8, 4) is 0 Å². The predicted octanol–water partition coefficient (Wildman–Crippen LogP) is 5.87. The number of amides is 2. The van der Waals surface area contributed by atoms with E-state index in [1.165, 1.54) is 11.8 Å². The predicted molar refractivity (Wildman–Crippen MR) is 132 cm³/mol. The highest BCUT2D eigenvalue weighted by atomic mass is 35.5. The van der Waals surface area contributed by atoms with Gasteiger partial charge in [0, 0.05) is 28.4 Å². The lowest BCUT2D eigenvalue weighted by Crippen LogP contribution is -2.50. The molecule has 0 aromatic heterocycles. The summed E-state index contributed by atoms with van der Waals surface area (Å²) >= 11 is 13.9. The van der Waals surface area contributed by atoms with Crippen molar-refractivity contribution < 1.29 is 9.59 Å². The number of hydrogen-bond acceptors (Lipinski definition) is 3. The van der Waals surface area contributed by atoms with Crippen LogP contribution in [0, 0.1) is 6.92 Å². The number of aryl methyl sites for hydroxylation is 1. The van der Waals surface area contributed by atoms with Crippen LogP contribution < -0.4 is 5.32 Å². The van der Waals surface area contributed by atoms with Crippen molar-refractivity contribution in [3.05, 3.63) is 69.2 Å². The van der Waals surface area contributed by atoms with E-state index in [9.17, 15) is 9.59 Å². The molecule has 2 rings (SSSR count). The first-order chi connectivity index (χ1) is 14.7. The minimum Gasteiger partial charge on any atom is -0.352 e. The maximum atomic E-state index is 13.2. The molecule has 0 spiro atoms. The third-order valence-electron chi connectivity index (χ3n) is 5.14. The maximum absolute atomic E-state index is 13.2. The van der Waals surface area contributed by atoms with Crippen LogP contribution in [0.15, 0.2) is 42.5 Å². The van der Waals surface area contributed by atoms with E-state index in [1.807, 2.05) is 45.0 Å². The van der Waals surface area contributed by atoms with Crippen LogP contribution in [0.5, 0.6) is 0 Å². The number of benzene rings is 2. The summed E-state index contributed by atoms with van der Waals surface area (Å²) in [4.78, 5) is 27.6. The summed E-state index contributed by atoms with van der Waals surface area (Å²) in [6.45, 7) is 8.14. The Morgan fingerprint density at radius 1 is 1.10 bits per heavy atom. The van der Waals surface area contributed by atoms with Gasteiger partial charge in [-0.15, -0.1) is 11.8 Å². The van der Waals surface area contributed by atoms with E-state index in [2.05, 4.69) is 5.32 Å². The molecule has 0 aliphatic rings. The second kappa shape index (κ2) is 12.4. The number of hydrogen-bond donors (Lipinski definition) is 1. The highest BCUT2D eigenvalue weighted by Gasteiger charge is 2.26. The molecule has 0 fully saturated rings. The Morgan fingerprint density at radius 2 is 1.74 bits per heavy atom. The number of nitrogens with zero attached hydrogens (tertiary/aromatic N) is 1. The fourth-order valence-corrected chi connectivity index (χ4v) is 4.70. The Morgan fingerprint density at radius 3 is 2.35 bits per heavy atom. The van der Waals surface area contributed by atoms with E-state index in [4.69, 9.17) is 23.2 Å². The van der Waals surface area contributed by atoms with Gasteiger partial charge in [-0.2, -0.15) is 0 Å². The molecule has 0 aliphatic carbocycles. The second-order valence-electron chi connectivity index (χ2n) is 7.70.